The van der Waals surface area contributed by atoms with Crippen LogP contribution in [-0.4, -0.2) is 0 Å². The van der Waals surface area contributed by atoms with E-state index in [4.69, 9.17) is 9.47 Å². The third kappa shape index (κ3) is 10.8. The fraction of sp³-hybridized carbons (Fsp3) is 0.146. The summed E-state index contributed by atoms with van der Waals surface area (Å²) in [5.74, 6) is 3.00. The van der Waals surface area contributed by atoms with Crippen LogP contribution in [0.1, 0.15) is 108 Å². The molecule has 0 saturated carbocycles. The Hall–Kier alpha value is -8.94. The van der Waals surface area contributed by atoms with Gasteiger partial charge in [-0.1, -0.05) is 193 Å². The lowest BCUT2D eigenvalue weighted by atomic mass is 9.66. The van der Waals surface area contributed by atoms with Crippen LogP contribution >= 0.6 is 31.9 Å². The second-order valence-electron chi connectivity index (χ2n) is 23.5. The van der Waals surface area contributed by atoms with E-state index in [9.17, 15) is 0 Å². The van der Waals surface area contributed by atoms with Gasteiger partial charge in [-0.15, -0.1) is 0 Å². The summed E-state index contributed by atoms with van der Waals surface area (Å²) in [7, 11) is 0. The van der Waals surface area contributed by atoms with Gasteiger partial charge in [0.25, 0.3) is 0 Å². The lowest BCUT2D eigenvalue weighted by molar-refractivity contribution is 0.414. The topological polar surface area (TPSA) is 24.9 Å². The molecule has 2 aliphatic carbocycles. The van der Waals surface area contributed by atoms with Gasteiger partial charge < -0.3 is 19.3 Å². The quantitative estimate of drug-likeness (QED) is 0.0759. The molecule has 0 aliphatic heterocycles. The smallest absolute Gasteiger partial charge is 0.127 e. The number of hydrogen-bond donors (Lipinski definition) is 0. The number of nitrogens with zero attached hydrogens (tertiary/aromatic N) is 2. The van der Waals surface area contributed by atoms with Crippen LogP contribution in [0.25, 0.3) is 34.4 Å². The highest BCUT2D eigenvalue weighted by molar-refractivity contribution is 9.10. The molecule has 11 aromatic carbocycles. The predicted octanol–water partition coefficient (Wildman–Crippen LogP) is 24.6. The average Bonchev–Trinajstić information content (AvgIpc) is 1.52. The van der Waals surface area contributed by atoms with Gasteiger partial charge in [0.05, 0.1) is 5.41 Å². The molecular formula is C82H70Br2N2O2. The maximum absolute atomic E-state index is 6.77. The van der Waals surface area contributed by atoms with Gasteiger partial charge in [0.2, 0.25) is 0 Å². The second kappa shape index (κ2) is 24.7. The van der Waals surface area contributed by atoms with E-state index in [1.165, 1.54) is 55.6 Å². The first-order chi connectivity index (χ1) is 43.0. The minimum absolute atomic E-state index is 0.101. The van der Waals surface area contributed by atoms with Gasteiger partial charge in [0.1, 0.15) is 23.0 Å². The molecule has 434 valence electrons. The Kier molecular flexibility index (Phi) is 16.3. The fourth-order valence-corrected chi connectivity index (χ4v) is 14.3. The van der Waals surface area contributed by atoms with Crippen LogP contribution in [0.5, 0.6) is 23.0 Å². The zero-order valence-corrected chi connectivity index (χ0v) is 53.5. The van der Waals surface area contributed by atoms with Crippen molar-refractivity contribution in [2.75, 3.05) is 9.80 Å². The summed E-state index contributed by atoms with van der Waals surface area (Å²) in [6, 6.07) is 87.8. The van der Waals surface area contributed by atoms with Gasteiger partial charge in [-0.3, -0.25) is 0 Å². The molecule has 0 radical (unpaired) electrons. The minimum Gasteiger partial charge on any atom is -0.457 e. The SMILES string of the molecule is C=Cc1ccc(N(c2ccc(C)cc2)c2ccc(Oc3ccc(C4(c5ccc(Oc6ccc(N(c7ccc(C)cc7)c7ccc(C=C)cc7)cc6)cc5)c5cc(Br)ccc5-c5cc6c(cc54)-c4ccc(Br)cc4C6(CCCC)CCCC)cc3)cc2)cc1. The molecule has 0 atom stereocenters. The first kappa shape index (κ1) is 58.1. The van der Waals surface area contributed by atoms with Crippen molar-refractivity contribution in [3.05, 3.63) is 320 Å². The van der Waals surface area contributed by atoms with Crippen LogP contribution < -0.4 is 19.3 Å². The third-order valence-electron chi connectivity index (χ3n) is 18.0. The monoisotopic (exact) mass is 1270 g/mol. The van der Waals surface area contributed by atoms with Gasteiger partial charge in [-0.25, -0.2) is 0 Å². The number of aryl methyl sites for hydroxylation is 2. The highest BCUT2D eigenvalue weighted by Crippen LogP contribution is 2.62. The largest absolute Gasteiger partial charge is 0.457 e. The van der Waals surface area contributed by atoms with E-state index in [1.807, 2.05) is 12.2 Å². The highest BCUT2D eigenvalue weighted by atomic mass is 79.9. The zero-order valence-electron chi connectivity index (χ0n) is 50.4. The van der Waals surface area contributed by atoms with E-state index in [-0.39, 0.29) is 5.41 Å². The highest BCUT2D eigenvalue weighted by Gasteiger charge is 2.50. The lowest BCUT2D eigenvalue weighted by Gasteiger charge is -2.35. The lowest BCUT2D eigenvalue weighted by Crippen LogP contribution is -2.29. The van der Waals surface area contributed by atoms with Crippen LogP contribution in [0.3, 0.4) is 0 Å². The normalized spacial score (nSPS) is 13.0. The number of unbranched alkanes of at least 4 members (excludes halogenated alkanes) is 2. The standard InChI is InChI=1S/C82H70Br2N2O2/c1-7-11-49-81(50-12-8-2)77-51-61(83)25-47-73(77)75-54-80-76(53-78(75)81)74-48-26-62(84)52-79(74)82(80,59-21-39-69(40-22-59)87-71-43-35-67(36-44-71)85(63-27-13-55(5)14-28-63)65-31-17-57(9-3)18-32-65)60-23-41-70(42-24-60)88-72-45-37-68(38-46-72)86(64-29-15-56(6)16-30-64)66-33-19-58(10-4)20-34-66/h9-10,13-48,51-54H,3-4,7-8,11-12,49-50H2,1-2,5-6H3. The summed E-state index contributed by atoms with van der Waals surface area (Å²) in [6.45, 7) is 16.8. The van der Waals surface area contributed by atoms with E-state index in [1.54, 1.807) is 0 Å². The number of halogens is 2. The van der Waals surface area contributed by atoms with Crippen molar-refractivity contribution in [1.82, 2.24) is 0 Å². The summed E-state index contributed by atoms with van der Waals surface area (Å²) in [5, 5.41) is 0. The Morgan fingerprint density at radius 2 is 0.670 bits per heavy atom. The molecule has 11 aromatic rings. The molecule has 0 amide bonds. The van der Waals surface area contributed by atoms with Crippen molar-refractivity contribution in [2.24, 2.45) is 0 Å². The summed E-state index contributed by atoms with van der Waals surface area (Å²) >= 11 is 7.94. The van der Waals surface area contributed by atoms with Crippen molar-refractivity contribution < 1.29 is 9.47 Å². The first-order valence-electron chi connectivity index (χ1n) is 30.8. The Morgan fingerprint density at radius 3 is 1.06 bits per heavy atom. The zero-order chi connectivity index (χ0) is 60.5. The molecule has 2 aliphatic rings. The molecule has 13 rings (SSSR count). The van der Waals surface area contributed by atoms with Crippen molar-refractivity contribution in [2.45, 2.75) is 77.0 Å². The average molecular weight is 1280 g/mol. The third-order valence-corrected chi connectivity index (χ3v) is 19.0. The fourth-order valence-electron chi connectivity index (χ4n) is 13.6. The van der Waals surface area contributed by atoms with Crippen LogP contribution in [0.15, 0.2) is 265 Å². The molecule has 88 heavy (non-hydrogen) atoms. The Balaban J connectivity index is 0.895. The summed E-state index contributed by atoms with van der Waals surface area (Å²) < 4.78 is 15.7. The predicted molar refractivity (Wildman–Crippen MR) is 376 cm³/mol. The number of anilines is 6. The molecule has 6 heteroatoms. The first-order valence-corrected chi connectivity index (χ1v) is 32.3. The molecule has 0 saturated heterocycles. The summed E-state index contributed by atoms with van der Waals surface area (Å²) in [6.07, 6.45) is 10.6. The van der Waals surface area contributed by atoms with Crippen LogP contribution in [0.4, 0.5) is 34.1 Å². The van der Waals surface area contributed by atoms with Crippen molar-refractivity contribution in [3.8, 4) is 45.3 Å². The number of rotatable bonds is 20. The van der Waals surface area contributed by atoms with Crippen LogP contribution in [0, 0.1) is 13.8 Å². The molecule has 0 N–H and O–H groups in total. The van der Waals surface area contributed by atoms with Gasteiger partial charge in [-0.2, -0.15) is 0 Å². The van der Waals surface area contributed by atoms with Crippen LogP contribution in [-0.2, 0) is 10.8 Å². The number of ether oxygens (including phenoxy) is 2. The minimum atomic E-state index is -0.732. The number of fused-ring (bicyclic) bond motifs is 6. The van der Waals surface area contributed by atoms with Crippen molar-refractivity contribution in [3.63, 3.8) is 0 Å². The molecule has 4 nitrogen and oxygen atoms in total. The van der Waals surface area contributed by atoms with Crippen molar-refractivity contribution >= 4 is 78.1 Å². The van der Waals surface area contributed by atoms with E-state index in [0.29, 0.717) is 0 Å². The Morgan fingerprint density at radius 1 is 0.364 bits per heavy atom. The summed E-state index contributed by atoms with van der Waals surface area (Å²) in [5.41, 5.74) is 22.9. The summed E-state index contributed by atoms with van der Waals surface area (Å²) in [4.78, 5) is 4.54. The molecule has 0 heterocycles. The molecule has 0 fully saturated rings. The van der Waals surface area contributed by atoms with Crippen molar-refractivity contribution in [1.29, 1.82) is 0 Å². The van der Waals surface area contributed by atoms with Gasteiger partial charge in [0, 0.05) is 48.5 Å². The number of hydrogen-bond acceptors (Lipinski definition) is 4. The maximum Gasteiger partial charge on any atom is 0.127 e. The molecule has 0 aromatic heterocycles. The van der Waals surface area contributed by atoms with Gasteiger partial charge in [-0.05, 0) is 251 Å². The Labute approximate surface area is 536 Å². The van der Waals surface area contributed by atoms with E-state index in [0.717, 1.165) is 127 Å². The van der Waals surface area contributed by atoms with Gasteiger partial charge >= 0.3 is 0 Å². The maximum atomic E-state index is 6.77. The van der Waals surface area contributed by atoms with Gasteiger partial charge in [0.15, 0.2) is 0 Å². The van der Waals surface area contributed by atoms with E-state index >= 15 is 0 Å². The molecule has 0 bridgehead atoms. The Bertz CT molecular complexity index is 4130. The van der Waals surface area contributed by atoms with Crippen LogP contribution in [0.2, 0.25) is 0 Å². The molecule has 0 spiro atoms. The van der Waals surface area contributed by atoms with E-state index < -0.39 is 5.41 Å². The molecule has 0 unspecified atom stereocenters. The molecular weight excluding hydrogens is 1200 g/mol. The second-order valence-corrected chi connectivity index (χ2v) is 25.4. The number of benzene rings is 11. The van der Waals surface area contributed by atoms with E-state index in [2.05, 4.69) is 325 Å².